The lowest BCUT2D eigenvalue weighted by Crippen LogP contribution is -2.07. The normalized spacial score (nSPS) is 9.31. The Morgan fingerprint density at radius 2 is 2.38 bits per heavy atom. The van der Waals surface area contributed by atoms with Crippen molar-refractivity contribution in [2.24, 2.45) is 0 Å². The molecule has 5 nitrogen and oxygen atoms in total. The molecule has 0 aliphatic carbocycles. The predicted molar refractivity (Wildman–Crippen MR) is 46.2 cm³/mol. The van der Waals surface area contributed by atoms with Gasteiger partial charge in [0.15, 0.2) is 0 Å². The SMILES string of the molecule is CC(=O)Nc1ccc[c]c1[N+](=O)[O-]. The molecule has 1 N–H and O–H groups in total. The minimum Gasteiger partial charge on any atom is -0.321 e. The second-order valence-electron chi connectivity index (χ2n) is 2.37. The molecule has 5 heteroatoms. The lowest BCUT2D eigenvalue weighted by molar-refractivity contribution is -0.384. The molecule has 0 aromatic heterocycles. The molecule has 0 bridgehead atoms. The Labute approximate surface area is 74.5 Å². The number of hydrogen-bond acceptors (Lipinski definition) is 3. The van der Waals surface area contributed by atoms with Crippen molar-refractivity contribution in [1.29, 1.82) is 0 Å². The molecule has 1 amide bonds. The first-order valence-corrected chi connectivity index (χ1v) is 3.54. The van der Waals surface area contributed by atoms with Crippen LogP contribution >= 0.6 is 0 Å². The molecule has 1 rings (SSSR count). The summed E-state index contributed by atoms with van der Waals surface area (Å²) >= 11 is 0. The van der Waals surface area contributed by atoms with Crippen molar-refractivity contribution >= 4 is 17.3 Å². The van der Waals surface area contributed by atoms with Gasteiger partial charge in [0.2, 0.25) is 5.91 Å². The van der Waals surface area contributed by atoms with Crippen LogP contribution in [0.2, 0.25) is 0 Å². The average molecular weight is 179 g/mol. The Hall–Kier alpha value is -1.91. The number of rotatable bonds is 2. The van der Waals surface area contributed by atoms with Gasteiger partial charge in [-0.15, -0.1) is 0 Å². The molecule has 0 saturated heterocycles. The molecule has 1 aromatic carbocycles. The van der Waals surface area contributed by atoms with Gasteiger partial charge in [-0.3, -0.25) is 14.9 Å². The number of hydrogen-bond donors (Lipinski definition) is 1. The zero-order valence-electron chi connectivity index (χ0n) is 6.90. The Morgan fingerprint density at radius 3 is 2.92 bits per heavy atom. The third-order valence-electron chi connectivity index (χ3n) is 1.33. The van der Waals surface area contributed by atoms with Crippen LogP contribution in [0.4, 0.5) is 11.4 Å². The van der Waals surface area contributed by atoms with Crippen LogP contribution in [0.1, 0.15) is 6.92 Å². The summed E-state index contributed by atoms with van der Waals surface area (Å²) in [4.78, 5) is 20.5. The maximum atomic E-state index is 10.6. The van der Waals surface area contributed by atoms with Crippen LogP contribution in [0.3, 0.4) is 0 Å². The summed E-state index contributed by atoms with van der Waals surface area (Å²) in [6.45, 7) is 1.29. The molecule has 0 aliphatic heterocycles. The molecule has 0 aliphatic rings. The Bertz CT molecular complexity index is 349. The molecule has 0 saturated carbocycles. The number of nitro benzene ring substituents is 1. The second-order valence-corrected chi connectivity index (χ2v) is 2.37. The topological polar surface area (TPSA) is 72.2 Å². The van der Waals surface area contributed by atoms with Gasteiger partial charge >= 0.3 is 5.69 Å². The lowest BCUT2D eigenvalue weighted by Gasteiger charge is -2.01. The van der Waals surface area contributed by atoms with E-state index in [9.17, 15) is 14.9 Å². The molecule has 0 fully saturated rings. The predicted octanol–water partition coefficient (Wildman–Crippen LogP) is 1.35. The standard InChI is InChI=1S/C8H7N2O3/c1-6(11)9-7-4-2-3-5-8(7)10(12)13/h2-4H,1H3,(H,9,11). The molecular weight excluding hydrogens is 172 g/mol. The fraction of sp³-hybridized carbons (Fsp3) is 0.125. The van der Waals surface area contributed by atoms with Crippen molar-refractivity contribution in [3.8, 4) is 0 Å². The fourth-order valence-corrected chi connectivity index (χ4v) is 0.870. The molecular formula is C8H7N2O3. The minimum absolute atomic E-state index is 0.167. The van der Waals surface area contributed by atoms with Crippen molar-refractivity contribution in [2.45, 2.75) is 6.92 Å². The summed E-state index contributed by atoms with van der Waals surface area (Å²) in [5, 5.41) is 12.8. The first-order chi connectivity index (χ1) is 6.11. The van der Waals surface area contributed by atoms with E-state index in [1.54, 1.807) is 6.07 Å². The molecule has 67 valence electrons. The van der Waals surface area contributed by atoms with Gasteiger partial charge in [-0.1, -0.05) is 6.07 Å². The van der Waals surface area contributed by atoms with Crippen LogP contribution in [-0.2, 0) is 4.79 Å². The van der Waals surface area contributed by atoms with E-state index in [2.05, 4.69) is 11.4 Å². The van der Waals surface area contributed by atoms with Crippen LogP contribution in [0.15, 0.2) is 18.2 Å². The second kappa shape index (κ2) is 3.66. The quantitative estimate of drug-likeness (QED) is 0.550. The third kappa shape index (κ3) is 2.26. The van der Waals surface area contributed by atoms with Gasteiger partial charge in [0.1, 0.15) is 5.69 Å². The Morgan fingerprint density at radius 1 is 1.69 bits per heavy atom. The van der Waals surface area contributed by atoms with E-state index < -0.39 is 4.92 Å². The summed E-state index contributed by atoms with van der Waals surface area (Å²) in [7, 11) is 0. The van der Waals surface area contributed by atoms with Crippen molar-refractivity contribution in [3.05, 3.63) is 34.4 Å². The van der Waals surface area contributed by atoms with Gasteiger partial charge in [-0.25, -0.2) is 0 Å². The highest BCUT2D eigenvalue weighted by Crippen LogP contribution is 2.21. The minimum atomic E-state index is -0.592. The molecule has 13 heavy (non-hydrogen) atoms. The summed E-state index contributed by atoms with van der Waals surface area (Å²) in [5.74, 6) is -0.345. The van der Waals surface area contributed by atoms with Gasteiger partial charge in [-0.2, -0.15) is 0 Å². The van der Waals surface area contributed by atoms with Crippen molar-refractivity contribution in [3.63, 3.8) is 0 Å². The fourth-order valence-electron chi connectivity index (χ4n) is 0.870. The van der Waals surface area contributed by atoms with Crippen LogP contribution in [-0.4, -0.2) is 10.8 Å². The summed E-state index contributed by atoms with van der Waals surface area (Å²) < 4.78 is 0. The zero-order valence-corrected chi connectivity index (χ0v) is 6.90. The van der Waals surface area contributed by atoms with Crippen LogP contribution in [0.25, 0.3) is 0 Å². The molecule has 0 unspecified atom stereocenters. The Balaban J connectivity index is 3.04. The van der Waals surface area contributed by atoms with Crippen molar-refractivity contribution in [2.75, 3.05) is 5.32 Å². The van der Waals surface area contributed by atoms with E-state index in [4.69, 9.17) is 0 Å². The summed E-state index contributed by atoms with van der Waals surface area (Å²) in [6, 6.07) is 6.87. The summed E-state index contributed by atoms with van der Waals surface area (Å²) in [6.07, 6.45) is 0. The largest absolute Gasteiger partial charge is 0.321 e. The highest BCUT2D eigenvalue weighted by Gasteiger charge is 2.12. The number of amides is 1. The van der Waals surface area contributed by atoms with E-state index in [1.807, 2.05) is 0 Å². The van der Waals surface area contributed by atoms with E-state index in [-0.39, 0.29) is 17.3 Å². The summed E-state index contributed by atoms with van der Waals surface area (Å²) in [5.41, 5.74) is -0.0577. The van der Waals surface area contributed by atoms with Crippen LogP contribution in [0, 0.1) is 16.2 Å². The molecule has 0 atom stereocenters. The Kier molecular flexibility index (Phi) is 2.59. The first-order valence-electron chi connectivity index (χ1n) is 3.54. The number of carbonyl (C=O) groups is 1. The third-order valence-corrected chi connectivity index (χ3v) is 1.33. The van der Waals surface area contributed by atoms with Gasteiger partial charge in [0.25, 0.3) is 0 Å². The highest BCUT2D eigenvalue weighted by atomic mass is 16.6. The van der Waals surface area contributed by atoms with Gasteiger partial charge in [0, 0.05) is 6.92 Å². The van der Waals surface area contributed by atoms with E-state index >= 15 is 0 Å². The number of nitrogens with zero attached hydrogens (tertiary/aromatic N) is 1. The number of anilines is 1. The maximum absolute atomic E-state index is 10.6. The van der Waals surface area contributed by atoms with Crippen LogP contribution in [0.5, 0.6) is 0 Å². The average Bonchev–Trinajstić information content (AvgIpc) is 2.03. The van der Waals surface area contributed by atoms with Gasteiger partial charge in [0.05, 0.1) is 11.0 Å². The number of nitrogens with one attached hydrogen (secondary N) is 1. The molecule has 0 heterocycles. The monoisotopic (exact) mass is 179 g/mol. The van der Waals surface area contributed by atoms with Gasteiger partial charge in [-0.05, 0) is 12.1 Å². The van der Waals surface area contributed by atoms with Gasteiger partial charge < -0.3 is 5.32 Å². The highest BCUT2D eigenvalue weighted by molar-refractivity contribution is 5.91. The number of para-hydroxylation sites is 1. The van der Waals surface area contributed by atoms with E-state index in [0.717, 1.165) is 0 Å². The first kappa shape index (κ1) is 9.18. The smallest absolute Gasteiger partial charge is 0.300 e. The molecule has 0 spiro atoms. The van der Waals surface area contributed by atoms with E-state index in [0.29, 0.717) is 0 Å². The van der Waals surface area contributed by atoms with Crippen LogP contribution < -0.4 is 5.32 Å². The number of benzene rings is 1. The number of nitro groups is 1. The zero-order chi connectivity index (χ0) is 9.84. The molecule has 1 radical (unpaired) electrons. The maximum Gasteiger partial charge on any atom is 0.300 e. The van der Waals surface area contributed by atoms with Crippen molar-refractivity contribution in [1.82, 2.24) is 0 Å². The van der Waals surface area contributed by atoms with Crippen molar-refractivity contribution < 1.29 is 9.72 Å². The van der Waals surface area contributed by atoms with E-state index in [1.165, 1.54) is 19.1 Å². The number of carbonyl (C=O) groups excluding carboxylic acids is 1. The molecule has 1 aromatic rings. The lowest BCUT2D eigenvalue weighted by atomic mass is 10.2.